The fourth-order valence-electron chi connectivity index (χ4n) is 1.34. The summed E-state index contributed by atoms with van der Waals surface area (Å²) in [6, 6.07) is 0. The number of quaternary nitrogens is 1. The maximum Gasteiger partial charge on any atom is 1.00 e. The van der Waals surface area contributed by atoms with Crippen molar-refractivity contribution in [1.82, 2.24) is 0 Å². The predicted octanol–water partition coefficient (Wildman–Crippen LogP) is 2.76. The average molecular weight is 231 g/mol. The van der Waals surface area contributed by atoms with Crippen molar-refractivity contribution < 1.29 is 29.4 Å². The van der Waals surface area contributed by atoms with Crippen molar-refractivity contribution in [1.29, 1.82) is 0 Å². The summed E-state index contributed by atoms with van der Waals surface area (Å²) in [4.78, 5) is 0. The molecule has 0 atom stereocenters. The van der Waals surface area contributed by atoms with Crippen molar-refractivity contribution in [2.45, 2.75) is 27.7 Å². The van der Waals surface area contributed by atoms with Gasteiger partial charge in [-0.15, -0.1) is 0 Å². The molecule has 0 heterocycles. The van der Waals surface area contributed by atoms with Crippen LogP contribution < -0.4 is 0 Å². The van der Waals surface area contributed by atoms with Gasteiger partial charge in [0.1, 0.15) is 0 Å². The van der Waals surface area contributed by atoms with Crippen LogP contribution in [0.3, 0.4) is 0 Å². The SMILES string of the molecule is CC[N+](CC)(CC)CC.F.F.F.F.F.[H+]. The molecule has 0 N–H and O–H groups in total. The number of hydrogen-bond donors (Lipinski definition) is 0. The van der Waals surface area contributed by atoms with E-state index in [2.05, 4.69) is 27.7 Å². The molecule has 0 bridgehead atoms. The van der Waals surface area contributed by atoms with E-state index in [1.165, 1.54) is 30.7 Å². The zero-order valence-corrected chi connectivity index (χ0v) is 9.32. The molecular weight excluding hydrogens is 205 g/mol. The average Bonchev–Trinajstić information content (AvgIpc) is 1.95. The summed E-state index contributed by atoms with van der Waals surface area (Å²) >= 11 is 0. The number of halogens is 5. The zero-order valence-electron chi connectivity index (χ0n) is 10.3. The molecular formula is C8H26F5N+2. The Hall–Kier alpha value is -0.390. The van der Waals surface area contributed by atoms with Gasteiger partial charge in [-0.2, -0.15) is 0 Å². The Morgan fingerprint density at radius 2 is 0.714 bits per heavy atom. The molecule has 0 unspecified atom stereocenters. The van der Waals surface area contributed by atoms with E-state index in [1.54, 1.807) is 0 Å². The van der Waals surface area contributed by atoms with Crippen LogP contribution >= 0.6 is 0 Å². The van der Waals surface area contributed by atoms with Crippen molar-refractivity contribution in [2.24, 2.45) is 0 Å². The minimum absolute atomic E-state index is 0. The van der Waals surface area contributed by atoms with Crippen molar-refractivity contribution in [2.75, 3.05) is 26.2 Å². The van der Waals surface area contributed by atoms with E-state index >= 15 is 0 Å². The third kappa shape index (κ3) is 9.70. The van der Waals surface area contributed by atoms with Crippen molar-refractivity contribution in [3.8, 4) is 0 Å². The van der Waals surface area contributed by atoms with Crippen molar-refractivity contribution in [3.63, 3.8) is 0 Å². The van der Waals surface area contributed by atoms with Gasteiger partial charge in [-0.25, -0.2) is 0 Å². The Labute approximate surface area is 84.4 Å². The van der Waals surface area contributed by atoms with Crippen LogP contribution in [0, 0.1) is 0 Å². The molecule has 0 amide bonds. The number of nitrogens with zero attached hydrogens (tertiary/aromatic N) is 1. The molecule has 0 aromatic carbocycles. The molecule has 96 valence electrons. The van der Waals surface area contributed by atoms with E-state index in [0.29, 0.717) is 0 Å². The standard InChI is InChI=1S/C8H20N.5FH/c1-5-9(6-2,7-3)8-4;;;;;/h5-8H2,1-4H3;5*1H/q+1;;;;;/p+1. The van der Waals surface area contributed by atoms with Crippen molar-refractivity contribution >= 4 is 0 Å². The molecule has 0 aromatic heterocycles. The van der Waals surface area contributed by atoms with Crippen LogP contribution in [0.5, 0.6) is 0 Å². The van der Waals surface area contributed by atoms with E-state index in [4.69, 9.17) is 0 Å². The first-order valence-corrected chi connectivity index (χ1v) is 4.09. The third-order valence-electron chi connectivity index (χ3n) is 2.68. The van der Waals surface area contributed by atoms with Crippen LogP contribution in [0.1, 0.15) is 29.1 Å². The van der Waals surface area contributed by atoms with Crippen LogP contribution in [-0.2, 0) is 0 Å². The highest BCUT2D eigenvalue weighted by Gasteiger charge is 2.16. The second-order valence-corrected chi connectivity index (χ2v) is 2.61. The molecule has 0 aliphatic heterocycles. The lowest BCUT2D eigenvalue weighted by atomic mass is 10.3. The van der Waals surface area contributed by atoms with Crippen LogP contribution in [-0.4, -0.2) is 30.7 Å². The van der Waals surface area contributed by atoms with Crippen LogP contribution in [0.4, 0.5) is 23.5 Å². The molecule has 14 heavy (non-hydrogen) atoms. The summed E-state index contributed by atoms with van der Waals surface area (Å²) in [5, 5.41) is 0. The monoisotopic (exact) mass is 231 g/mol. The first-order chi connectivity index (χ1) is 4.24. The molecule has 0 spiro atoms. The lowest BCUT2D eigenvalue weighted by molar-refractivity contribution is -0.921. The van der Waals surface area contributed by atoms with Gasteiger partial charge in [-0.05, 0) is 27.7 Å². The van der Waals surface area contributed by atoms with Crippen molar-refractivity contribution in [3.05, 3.63) is 0 Å². The van der Waals surface area contributed by atoms with Gasteiger partial charge in [0, 0.05) is 0 Å². The van der Waals surface area contributed by atoms with E-state index in [1.807, 2.05) is 0 Å². The van der Waals surface area contributed by atoms with E-state index in [-0.39, 0.29) is 24.9 Å². The largest absolute Gasteiger partial charge is 1.00 e. The molecule has 1 nitrogen and oxygen atoms in total. The summed E-state index contributed by atoms with van der Waals surface area (Å²) < 4.78 is 1.28. The second kappa shape index (κ2) is 18.4. The lowest BCUT2D eigenvalue weighted by Gasteiger charge is -2.34. The number of hydrogen-bond acceptors (Lipinski definition) is 0. The topological polar surface area (TPSA) is 0 Å². The molecule has 6 heteroatoms. The Morgan fingerprint density at radius 3 is 0.714 bits per heavy atom. The molecule has 0 radical (unpaired) electrons. The molecule has 0 aliphatic carbocycles. The Balaban J connectivity index is -0.0000000213. The smallest absolute Gasteiger partial charge is 0.325 e. The maximum absolute atomic E-state index is 2.27. The number of rotatable bonds is 4. The normalized spacial score (nSPS) is 7.71. The maximum atomic E-state index is 2.27. The van der Waals surface area contributed by atoms with E-state index in [9.17, 15) is 0 Å². The highest BCUT2D eigenvalue weighted by atomic mass is 19.0. The van der Waals surface area contributed by atoms with Gasteiger partial charge in [-0.3, -0.25) is 23.5 Å². The summed E-state index contributed by atoms with van der Waals surface area (Å²) in [7, 11) is 0. The highest BCUT2D eigenvalue weighted by molar-refractivity contribution is 4.31. The molecule has 0 fully saturated rings. The summed E-state index contributed by atoms with van der Waals surface area (Å²) in [5.74, 6) is 0. The summed E-state index contributed by atoms with van der Waals surface area (Å²) in [6.07, 6.45) is 0. The molecule has 0 saturated carbocycles. The van der Waals surface area contributed by atoms with Gasteiger partial charge >= 0.3 is 1.43 Å². The Kier molecular flexibility index (Phi) is 49.1. The van der Waals surface area contributed by atoms with Gasteiger partial charge in [0.05, 0.1) is 26.2 Å². The fraction of sp³-hybridized carbons (Fsp3) is 1.00. The molecule has 0 rings (SSSR count). The van der Waals surface area contributed by atoms with Gasteiger partial charge in [0.25, 0.3) is 0 Å². The molecule has 0 saturated heterocycles. The molecule has 0 aromatic rings. The van der Waals surface area contributed by atoms with Crippen LogP contribution in [0.15, 0.2) is 0 Å². The third-order valence-corrected chi connectivity index (χ3v) is 2.68. The predicted molar refractivity (Wildman–Crippen MR) is 56.1 cm³/mol. The second-order valence-electron chi connectivity index (χ2n) is 2.61. The highest BCUT2D eigenvalue weighted by Crippen LogP contribution is 2.03. The van der Waals surface area contributed by atoms with Gasteiger partial charge in [0.15, 0.2) is 0 Å². The fourth-order valence-corrected chi connectivity index (χ4v) is 1.34. The van der Waals surface area contributed by atoms with Gasteiger partial charge in [0.2, 0.25) is 0 Å². The zero-order chi connectivity index (χ0) is 7.33. The first-order valence-electron chi connectivity index (χ1n) is 4.09. The van der Waals surface area contributed by atoms with Crippen LogP contribution in [0.2, 0.25) is 0 Å². The Bertz CT molecular complexity index is 65.9. The van der Waals surface area contributed by atoms with Gasteiger partial charge in [-0.1, -0.05) is 0 Å². The van der Waals surface area contributed by atoms with E-state index in [0.717, 1.165) is 0 Å². The summed E-state index contributed by atoms with van der Waals surface area (Å²) in [6.45, 7) is 14.2. The Morgan fingerprint density at radius 1 is 0.571 bits per heavy atom. The van der Waals surface area contributed by atoms with E-state index < -0.39 is 0 Å². The first kappa shape index (κ1) is 37.4. The molecule has 0 aliphatic rings. The minimum Gasteiger partial charge on any atom is -0.325 e. The minimum atomic E-state index is 0. The lowest BCUT2D eigenvalue weighted by Crippen LogP contribution is -2.47. The summed E-state index contributed by atoms with van der Waals surface area (Å²) in [5.41, 5.74) is 0. The van der Waals surface area contributed by atoms with Gasteiger partial charge < -0.3 is 4.48 Å². The quantitative estimate of drug-likeness (QED) is 0.515. The van der Waals surface area contributed by atoms with Crippen LogP contribution in [0.25, 0.3) is 0 Å².